The van der Waals surface area contributed by atoms with Gasteiger partial charge in [-0.2, -0.15) is 0 Å². The van der Waals surface area contributed by atoms with Gasteiger partial charge in [0, 0.05) is 24.3 Å². The maximum Gasteiger partial charge on any atom is 0.509 e. The van der Waals surface area contributed by atoms with E-state index in [1.807, 2.05) is 69.2 Å². The third kappa shape index (κ3) is 15.1. The molecule has 27 heavy (non-hydrogen) atoms. The fourth-order valence-corrected chi connectivity index (χ4v) is 3.28. The Morgan fingerprint density at radius 1 is 0.889 bits per heavy atom. The fraction of sp³-hybridized carbons (Fsp3) is 0.952. The Morgan fingerprint density at radius 3 is 1.93 bits per heavy atom. The highest BCUT2D eigenvalue weighted by Crippen LogP contribution is 2.26. The molecule has 0 spiro atoms. The van der Waals surface area contributed by atoms with Crippen LogP contribution in [-0.2, 0) is 18.9 Å². The van der Waals surface area contributed by atoms with Crippen LogP contribution in [0, 0.1) is 0 Å². The summed E-state index contributed by atoms with van der Waals surface area (Å²) in [4.78, 5) is 11.7. The van der Waals surface area contributed by atoms with Crippen LogP contribution in [0.3, 0.4) is 0 Å². The molecule has 0 aliphatic rings. The summed E-state index contributed by atoms with van der Waals surface area (Å²) in [6.45, 7) is 20.1. The molecule has 0 saturated carbocycles. The van der Waals surface area contributed by atoms with Gasteiger partial charge in [0.15, 0.2) is 0 Å². The van der Waals surface area contributed by atoms with E-state index >= 15 is 0 Å². The van der Waals surface area contributed by atoms with Gasteiger partial charge in [-0.05, 0) is 75.7 Å². The molecule has 0 aromatic rings. The van der Waals surface area contributed by atoms with Gasteiger partial charge in [-0.25, -0.2) is 4.79 Å². The molecule has 0 heterocycles. The first-order chi connectivity index (χ1) is 12.0. The molecule has 0 rings (SSSR count). The molecule has 0 aromatic carbocycles. The number of hydrogen-bond donors (Lipinski definition) is 0. The van der Waals surface area contributed by atoms with E-state index in [0.717, 1.165) is 6.42 Å². The lowest BCUT2D eigenvalue weighted by Crippen LogP contribution is -2.38. The van der Waals surface area contributed by atoms with Crippen LogP contribution >= 0.6 is 11.6 Å². The van der Waals surface area contributed by atoms with Crippen molar-refractivity contribution in [3.63, 3.8) is 0 Å². The van der Waals surface area contributed by atoms with E-state index in [9.17, 15) is 4.79 Å². The van der Waals surface area contributed by atoms with Gasteiger partial charge in [0.2, 0.25) is 0 Å². The first kappa shape index (κ1) is 26.5. The molecule has 162 valence electrons. The van der Waals surface area contributed by atoms with E-state index < -0.39 is 16.6 Å². The summed E-state index contributed by atoms with van der Waals surface area (Å²) in [6.07, 6.45) is 1.05. The second kappa shape index (κ2) is 10.9. The minimum absolute atomic E-state index is 0.0824. The van der Waals surface area contributed by atoms with Crippen molar-refractivity contribution in [1.82, 2.24) is 0 Å². The molecule has 2 atom stereocenters. The summed E-state index contributed by atoms with van der Waals surface area (Å²) in [5.74, 6) is 0. The highest BCUT2D eigenvalue weighted by Gasteiger charge is 2.31. The van der Waals surface area contributed by atoms with Crippen molar-refractivity contribution in [3.8, 4) is 0 Å². The van der Waals surface area contributed by atoms with Gasteiger partial charge in [-0.3, -0.25) is 0 Å². The minimum Gasteiger partial charge on any atom is -0.431 e. The third-order valence-corrected chi connectivity index (χ3v) is 4.04. The standard InChI is InChI=1S/C21H41ClO5/c1-15(2)24-12-11-20(7,8)26-17(4)14-21(9,10)27-18(23)25-16(3)13-19(5,6)22/h15-17H,11-14H2,1-10H3. The molecule has 0 saturated heterocycles. The maximum absolute atomic E-state index is 12.1. The van der Waals surface area contributed by atoms with Crippen molar-refractivity contribution in [2.24, 2.45) is 0 Å². The van der Waals surface area contributed by atoms with Crippen molar-refractivity contribution in [2.75, 3.05) is 6.61 Å². The highest BCUT2D eigenvalue weighted by atomic mass is 35.5. The molecule has 0 fully saturated rings. The Balaban J connectivity index is 4.44. The second-order valence-corrected chi connectivity index (χ2v) is 10.5. The van der Waals surface area contributed by atoms with E-state index in [1.165, 1.54) is 0 Å². The maximum atomic E-state index is 12.1. The largest absolute Gasteiger partial charge is 0.509 e. The molecule has 0 amide bonds. The summed E-state index contributed by atoms with van der Waals surface area (Å²) in [7, 11) is 0. The van der Waals surface area contributed by atoms with Gasteiger partial charge in [0.25, 0.3) is 0 Å². The monoisotopic (exact) mass is 408 g/mol. The first-order valence-corrected chi connectivity index (χ1v) is 10.3. The minimum atomic E-state index is -0.697. The molecule has 0 aliphatic carbocycles. The van der Waals surface area contributed by atoms with Crippen molar-refractivity contribution in [1.29, 1.82) is 0 Å². The van der Waals surface area contributed by atoms with Gasteiger partial charge < -0.3 is 18.9 Å². The van der Waals surface area contributed by atoms with Crippen LogP contribution in [0.5, 0.6) is 0 Å². The van der Waals surface area contributed by atoms with Crippen molar-refractivity contribution < 1.29 is 23.7 Å². The Labute approximate surface area is 171 Å². The van der Waals surface area contributed by atoms with Crippen LogP contribution in [0.25, 0.3) is 0 Å². The quantitative estimate of drug-likeness (QED) is 0.288. The molecule has 0 aliphatic heterocycles. The average molecular weight is 409 g/mol. The van der Waals surface area contributed by atoms with Crippen LogP contribution in [-0.4, -0.2) is 47.2 Å². The van der Waals surface area contributed by atoms with Crippen LogP contribution < -0.4 is 0 Å². The first-order valence-electron chi connectivity index (χ1n) is 9.89. The number of carbonyl (C=O) groups excluding carboxylic acids is 1. The topological polar surface area (TPSA) is 54.0 Å². The number of carbonyl (C=O) groups is 1. The summed E-state index contributed by atoms with van der Waals surface area (Å²) in [5.41, 5.74) is -1.01. The molecule has 6 heteroatoms. The zero-order valence-electron chi connectivity index (χ0n) is 19.0. The zero-order chi connectivity index (χ0) is 21.5. The molecular formula is C21H41ClO5. The summed E-state index contributed by atoms with van der Waals surface area (Å²) < 4.78 is 22.6. The lowest BCUT2D eigenvalue weighted by molar-refractivity contribution is -0.112. The zero-order valence-corrected chi connectivity index (χ0v) is 19.7. The van der Waals surface area contributed by atoms with E-state index in [0.29, 0.717) is 19.4 Å². The number of hydrogen-bond acceptors (Lipinski definition) is 5. The number of halogens is 1. The van der Waals surface area contributed by atoms with Crippen molar-refractivity contribution >= 4 is 17.8 Å². The van der Waals surface area contributed by atoms with Crippen molar-refractivity contribution in [3.05, 3.63) is 0 Å². The highest BCUT2D eigenvalue weighted by molar-refractivity contribution is 6.23. The molecule has 0 radical (unpaired) electrons. The molecular weight excluding hydrogens is 368 g/mol. The van der Waals surface area contributed by atoms with Gasteiger partial charge >= 0.3 is 6.16 Å². The van der Waals surface area contributed by atoms with E-state index in [1.54, 1.807) is 0 Å². The lowest BCUT2D eigenvalue weighted by Gasteiger charge is -2.34. The number of alkyl halides is 1. The lowest BCUT2D eigenvalue weighted by atomic mass is 9.99. The Kier molecular flexibility index (Phi) is 10.7. The van der Waals surface area contributed by atoms with Crippen LogP contribution in [0.2, 0.25) is 0 Å². The van der Waals surface area contributed by atoms with E-state index in [2.05, 4.69) is 0 Å². The smallest absolute Gasteiger partial charge is 0.431 e. The molecule has 0 aromatic heterocycles. The number of ether oxygens (including phenoxy) is 4. The van der Waals surface area contributed by atoms with E-state index in [4.69, 9.17) is 30.5 Å². The average Bonchev–Trinajstić information content (AvgIpc) is 2.31. The summed E-state index contributed by atoms with van der Waals surface area (Å²) in [5, 5.41) is 0. The molecule has 0 bridgehead atoms. The second-order valence-electron chi connectivity index (χ2n) is 9.52. The SMILES string of the molecule is CC(C)OCCC(C)(C)OC(C)CC(C)(C)OC(=O)OC(C)CC(C)(C)Cl. The van der Waals surface area contributed by atoms with Crippen LogP contribution in [0.15, 0.2) is 0 Å². The Morgan fingerprint density at radius 2 is 1.44 bits per heavy atom. The molecule has 5 nitrogen and oxygen atoms in total. The van der Waals surface area contributed by atoms with Gasteiger partial charge in [0.1, 0.15) is 11.7 Å². The molecule has 2 unspecified atom stereocenters. The predicted molar refractivity (Wildman–Crippen MR) is 111 cm³/mol. The molecule has 0 N–H and O–H groups in total. The van der Waals surface area contributed by atoms with Gasteiger partial charge in [0.05, 0.1) is 17.8 Å². The fourth-order valence-electron chi connectivity index (χ4n) is 3.06. The van der Waals surface area contributed by atoms with Gasteiger partial charge in [-0.1, -0.05) is 0 Å². The Bertz CT molecular complexity index is 440. The third-order valence-electron chi connectivity index (χ3n) is 3.88. The van der Waals surface area contributed by atoms with E-state index in [-0.39, 0.29) is 23.9 Å². The van der Waals surface area contributed by atoms with Crippen LogP contribution in [0.1, 0.15) is 88.5 Å². The predicted octanol–water partition coefficient (Wildman–Crippen LogP) is 6.10. The normalized spacial score (nSPS) is 15.6. The van der Waals surface area contributed by atoms with Crippen LogP contribution in [0.4, 0.5) is 4.79 Å². The Hall–Kier alpha value is -0.520. The summed E-state index contributed by atoms with van der Waals surface area (Å²) in [6, 6.07) is 0. The number of rotatable bonds is 12. The van der Waals surface area contributed by atoms with Crippen molar-refractivity contribution in [2.45, 2.75) is 123 Å². The summed E-state index contributed by atoms with van der Waals surface area (Å²) >= 11 is 6.17. The van der Waals surface area contributed by atoms with Gasteiger partial charge in [-0.15, -0.1) is 11.6 Å².